The number of fused-ring (bicyclic) bond motifs is 1. The van der Waals surface area contributed by atoms with Crippen molar-refractivity contribution in [1.82, 2.24) is 9.88 Å². The van der Waals surface area contributed by atoms with Crippen LogP contribution in [0.3, 0.4) is 0 Å². The van der Waals surface area contributed by atoms with E-state index >= 15 is 0 Å². The predicted molar refractivity (Wildman–Crippen MR) is 110 cm³/mol. The van der Waals surface area contributed by atoms with Gasteiger partial charge in [-0.2, -0.15) is 8.42 Å². The number of thiazole rings is 1. The largest absolute Gasteiger partial charge is 0.383 e. The van der Waals surface area contributed by atoms with E-state index in [1.54, 1.807) is 18.4 Å². The van der Waals surface area contributed by atoms with E-state index < -0.39 is 10.0 Å². The molecule has 0 unspecified atom stereocenters. The molecule has 2 aliphatic heterocycles. The molecule has 2 fully saturated rings. The van der Waals surface area contributed by atoms with Crippen molar-refractivity contribution in [3.05, 3.63) is 35.3 Å². The van der Waals surface area contributed by atoms with E-state index in [0.29, 0.717) is 5.56 Å². The molecule has 0 amide bonds. The number of hydrogen-bond donors (Lipinski definition) is 1. The number of hydrogen-bond acceptors (Lipinski definition) is 6. The number of halogens is 1. The van der Waals surface area contributed by atoms with Crippen molar-refractivity contribution in [2.75, 3.05) is 28.8 Å². The molecular formula is C18H23ClN4O2S2. The normalized spacial score (nSPS) is 19.2. The SMILES string of the molecule is Cc1cc(NCC23CCCN2CCC3)ccc1S(=O)(=O)N(Cl)c1nccs1. The fraction of sp³-hybridized carbons (Fsp3) is 0.500. The summed E-state index contributed by atoms with van der Waals surface area (Å²) in [7, 11) is -3.84. The van der Waals surface area contributed by atoms with Gasteiger partial charge in [-0.3, -0.25) is 4.90 Å². The average Bonchev–Trinajstić information content (AvgIpc) is 3.36. The Hall–Kier alpha value is -1.35. The number of nitrogens with zero attached hydrogens (tertiary/aromatic N) is 3. The van der Waals surface area contributed by atoms with Crippen molar-refractivity contribution in [2.24, 2.45) is 0 Å². The number of nitrogens with one attached hydrogen (secondary N) is 1. The second kappa shape index (κ2) is 7.24. The Kier molecular flexibility index (Phi) is 5.09. The number of aromatic nitrogens is 1. The lowest BCUT2D eigenvalue weighted by Crippen LogP contribution is -2.44. The maximum Gasteiger partial charge on any atom is 0.280 e. The van der Waals surface area contributed by atoms with Crippen LogP contribution in [0.2, 0.25) is 0 Å². The standard InChI is InChI=1S/C18H23ClN4O2S2/c1-14-12-15(21-13-18-6-2-9-22(18)10-3-7-18)4-5-16(14)27(24,25)23(19)17-20-8-11-26-17/h4-5,8,11-12,21H,2-3,6-7,9-10,13H2,1H3. The van der Waals surface area contributed by atoms with Crippen LogP contribution in [-0.2, 0) is 10.0 Å². The van der Waals surface area contributed by atoms with Gasteiger partial charge in [0.25, 0.3) is 10.0 Å². The molecule has 0 radical (unpaired) electrons. The van der Waals surface area contributed by atoms with Crippen LogP contribution in [0.1, 0.15) is 31.2 Å². The van der Waals surface area contributed by atoms with Gasteiger partial charge in [0.1, 0.15) is 0 Å². The van der Waals surface area contributed by atoms with Gasteiger partial charge in [0.2, 0.25) is 5.13 Å². The van der Waals surface area contributed by atoms with Gasteiger partial charge in [-0.15, -0.1) is 15.2 Å². The Balaban J connectivity index is 1.51. The minimum Gasteiger partial charge on any atom is -0.383 e. The number of anilines is 2. The molecule has 0 aliphatic carbocycles. The zero-order chi connectivity index (χ0) is 19.1. The summed E-state index contributed by atoms with van der Waals surface area (Å²) in [6, 6.07) is 5.32. The molecule has 0 atom stereocenters. The second-order valence-electron chi connectivity index (χ2n) is 7.29. The first-order chi connectivity index (χ1) is 12.9. The summed E-state index contributed by atoms with van der Waals surface area (Å²) in [4.78, 5) is 6.77. The summed E-state index contributed by atoms with van der Waals surface area (Å²) in [5.41, 5.74) is 1.88. The number of aryl methyl sites for hydroxylation is 1. The smallest absolute Gasteiger partial charge is 0.280 e. The van der Waals surface area contributed by atoms with Gasteiger partial charge in [0.15, 0.2) is 0 Å². The van der Waals surface area contributed by atoms with E-state index in [9.17, 15) is 8.42 Å². The quantitative estimate of drug-likeness (QED) is 0.711. The topological polar surface area (TPSA) is 65.5 Å². The highest BCUT2D eigenvalue weighted by Crippen LogP contribution is 2.39. The molecule has 1 aromatic heterocycles. The highest BCUT2D eigenvalue weighted by molar-refractivity contribution is 7.94. The number of rotatable bonds is 6. The third kappa shape index (κ3) is 3.44. The van der Waals surface area contributed by atoms with E-state index in [2.05, 4.69) is 15.2 Å². The van der Waals surface area contributed by atoms with E-state index in [0.717, 1.165) is 16.1 Å². The molecule has 0 bridgehead atoms. The van der Waals surface area contributed by atoms with E-state index in [4.69, 9.17) is 11.8 Å². The zero-order valence-electron chi connectivity index (χ0n) is 15.2. The van der Waals surface area contributed by atoms with Gasteiger partial charge in [-0.1, -0.05) is 0 Å². The van der Waals surface area contributed by atoms with E-state index in [-0.39, 0.29) is 15.6 Å². The molecule has 27 heavy (non-hydrogen) atoms. The monoisotopic (exact) mass is 426 g/mol. The first-order valence-electron chi connectivity index (χ1n) is 9.13. The summed E-state index contributed by atoms with van der Waals surface area (Å²) in [6.45, 7) is 5.08. The van der Waals surface area contributed by atoms with Crippen molar-refractivity contribution in [3.63, 3.8) is 0 Å². The van der Waals surface area contributed by atoms with E-state index in [1.807, 2.05) is 12.1 Å². The first kappa shape index (κ1) is 19.0. The fourth-order valence-electron chi connectivity index (χ4n) is 4.32. The van der Waals surface area contributed by atoms with Gasteiger partial charge in [0, 0.05) is 41.1 Å². The van der Waals surface area contributed by atoms with Crippen molar-refractivity contribution in [2.45, 2.75) is 43.0 Å². The van der Waals surface area contributed by atoms with Crippen LogP contribution in [0.4, 0.5) is 10.8 Å². The highest BCUT2D eigenvalue weighted by atomic mass is 35.5. The molecular weight excluding hydrogens is 404 g/mol. The predicted octanol–water partition coefficient (Wildman–Crippen LogP) is 3.84. The summed E-state index contributed by atoms with van der Waals surface area (Å²) in [5, 5.41) is 5.46. The molecule has 1 aromatic carbocycles. The molecule has 146 valence electrons. The minimum absolute atomic E-state index is 0.194. The molecule has 2 aliphatic rings. The van der Waals surface area contributed by atoms with Crippen LogP contribution >= 0.6 is 23.1 Å². The van der Waals surface area contributed by atoms with E-state index in [1.165, 1.54) is 56.3 Å². The van der Waals surface area contributed by atoms with Crippen molar-refractivity contribution >= 4 is 44.0 Å². The minimum atomic E-state index is -3.84. The lowest BCUT2D eigenvalue weighted by molar-refractivity contribution is 0.209. The summed E-state index contributed by atoms with van der Waals surface area (Å²) >= 11 is 7.24. The molecule has 0 saturated carbocycles. The Morgan fingerprint density at radius 2 is 2.07 bits per heavy atom. The lowest BCUT2D eigenvalue weighted by atomic mass is 9.94. The van der Waals surface area contributed by atoms with Gasteiger partial charge < -0.3 is 5.32 Å². The molecule has 6 nitrogen and oxygen atoms in total. The van der Waals surface area contributed by atoms with Crippen molar-refractivity contribution in [3.8, 4) is 0 Å². The van der Waals surface area contributed by atoms with Crippen LogP contribution < -0.4 is 9.14 Å². The van der Waals surface area contributed by atoms with Gasteiger partial charge in [-0.25, -0.2) is 4.98 Å². The molecule has 2 saturated heterocycles. The molecule has 2 aromatic rings. The Morgan fingerprint density at radius 3 is 2.70 bits per heavy atom. The van der Waals surface area contributed by atoms with Crippen LogP contribution in [-0.4, -0.2) is 43.5 Å². The lowest BCUT2D eigenvalue weighted by Gasteiger charge is -2.32. The Labute approximate surface area is 169 Å². The van der Waals surface area contributed by atoms with Crippen LogP contribution in [0, 0.1) is 6.92 Å². The highest BCUT2D eigenvalue weighted by Gasteiger charge is 2.43. The fourth-order valence-corrected chi connectivity index (χ4v) is 6.71. The summed E-state index contributed by atoms with van der Waals surface area (Å²) < 4.78 is 26.3. The second-order valence-corrected chi connectivity index (χ2v) is 10.5. The maximum atomic E-state index is 12.8. The van der Waals surface area contributed by atoms with Crippen LogP contribution in [0.5, 0.6) is 0 Å². The van der Waals surface area contributed by atoms with Crippen molar-refractivity contribution < 1.29 is 8.42 Å². The number of sulfonamides is 1. The Bertz CT molecular complexity index is 907. The summed E-state index contributed by atoms with van der Waals surface area (Å²) in [5.74, 6) is 0. The van der Waals surface area contributed by atoms with Gasteiger partial charge >= 0.3 is 0 Å². The maximum absolute atomic E-state index is 12.8. The van der Waals surface area contributed by atoms with Crippen LogP contribution in [0.25, 0.3) is 0 Å². The first-order valence-corrected chi connectivity index (χ1v) is 11.8. The molecule has 0 spiro atoms. The molecule has 1 N–H and O–H groups in total. The molecule has 3 heterocycles. The average molecular weight is 427 g/mol. The summed E-state index contributed by atoms with van der Waals surface area (Å²) in [6.07, 6.45) is 6.53. The molecule has 4 rings (SSSR count). The third-order valence-electron chi connectivity index (χ3n) is 5.67. The van der Waals surface area contributed by atoms with Gasteiger partial charge in [-0.05, 0) is 69.5 Å². The van der Waals surface area contributed by atoms with Gasteiger partial charge in [0.05, 0.1) is 4.90 Å². The molecule has 9 heteroatoms. The third-order valence-corrected chi connectivity index (χ3v) is 8.95. The Morgan fingerprint density at radius 1 is 1.33 bits per heavy atom. The van der Waals surface area contributed by atoms with Crippen molar-refractivity contribution in [1.29, 1.82) is 0 Å². The number of benzene rings is 1. The zero-order valence-corrected chi connectivity index (χ0v) is 17.6. The van der Waals surface area contributed by atoms with Crippen LogP contribution in [0.15, 0.2) is 34.7 Å².